The van der Waals surface area contributed by atoms with Crippen LogP contribution in [0.15, 0.2) is 52.9 Å². The average molecular weight is 507 g/mol. The second-order valence-electron chi connectivity index (χ2n) is 7.04. The van der Waals surface area contributed by atoms with E-state index in [0.717, 1.165) is 11.3 Å². The van der Waals surface area contributed by atoms with Crippen molar-refractivity contribution >= 4 is 49.8 Å². The molecule has 0 unspecified atom stereocenters. The number of rotatable bonds is 8. The molecule has 0 atom stereocenters. The number of hydrogen-bond acceptors (Lipinski definition) is 7. The second-order valence-corrected chi connectivity index (χ2v) is 10.6. The molecular formula is C22H19ClN2O6S2. The highest BCUT2D eigenvalue weighted by molar-refractivity contribution is 7.92. The Morgan fingerprint density at radius 3 is 2.64 bits per heavy atom. The van der Waals surface area contributed by atoms with E-state index in [2.05, 4.69) is 4.98 Å². The van der Waals surface area contributed by atoms with Crippen LogP contribution in [0.3, 0.4) is 0 Å². The van der Waals surface area contributed by atoms with Gasteiger partial charge in [0.05, 0.1) is 25.3 Å². The Morgan fingerprint density at radius 1 is 1.15 bits per heavy atom. The number of hydrogen-bond donors (Lipinski definition) is 1. The molecule has 3 heterocycles. The Morgan fingerprint density at radius 2 is 1.94 bits per heavy atom. The lowest BCUT2D eigenvalue weighted by molar-refractivity contribution is -0.136. The Kier molecular flexibility index (Phi) is 6.33. The van der Waals surface area contributed by atoms with Crippen molar-refractivity contribution in [1.29, 1.82) is 0 Å². The molecule has 11 heteroatoms. The van der Waals surface area contributed by atoms with Crippen LogP contribution in [-0.2, 0) is 21.2 Å². The lowest BCUT2D eigenvalue weighted by atomic mass is 10.1. The van der Waals surface area contributed by atoms with Crippen LogP contribution in [0.5, 0.6) is 11.8 Å². The smallest absolute Gasteiger partial charge is 0.303 e. The van der Waals surface area contributed by atoms with Crippen LogP contribution in [0.1, 0.15) is 12.0 Å². The molecule has 0 radical (unpaired) electrons. The highest BCUT2D eigenvalue weighted by Gasteiger charge is 2.24. The molecule has 0 spiro atoms. The molecule has 8 nitrogen and oxygen atoms in total. The normalized spacial score (nSPS) is 11.6. The van der Waals surface area contributed by atoms with Gasteiger partial charge in [0, 0.05) is 34.0 Å². The molecule has 0 bridgehead atoms. The number of nitrogens with zero attached hydrogens (tertiary/aromatic N) is 2. The summed E-state index contributed by atoms with van der Waals surface area (Å²) in [6, 6.07) is 11.5. The summed E-state index contributed by atoms with van der Waals surface area (Å²) < 4.78 is 38.8. The van der Waals surface area contributed by atoms with Gasteiger partial charge in [-0.15, -0.1) is 11.3 Å². The van der Waals surface area contributed by atoms with E-state index in [-0.39, 0.29) is 17.1 Å². The van der Waals surface area contributed by atoms with Gasteiger partial charge in [0.25, 0.3) is 10.0 Å². The number of fused-ring (bicyclic) bond motifs is 1. The van der Waals surface area contributed by atoms with E-state index in [9.17, 15) is 13.2 Å². The number of benzene rings is 1. The fourth-order valence-electron chi connectivity index (χ4n) is 3.46. The maximum atomic E-state index is 13.5. The zero-order valence-electron chi connectivity index (χ0n) is 17.6. The molecule has 1 aromatic carbocycles. The number of thiophene rings is 1. The van der Waals surface area contributed by atoms with E-state index in [4.69, 9.17) is 26.2 Å². The number of aromatic nitrogens is 2. The molecule has 33 heavy (non-hydrogen) atoms. The van der Waals surface area contributed by atoms with Crippen molar-refractivity contribution < 1.29 is 27.8 Å². The van der Waals surface area contributed by atoms with Crippen molar-refractivity contribution in [3.8, 4) is 22.2 Å². The summed E-state index contributed by atoms with van der Waals surface area (Å²) in [6.07, 6.45) is 1.52. The van der Waals surface area contributed by atoms with E-state index in [1.807, 2.05) is 0 Å². The molecule has 3 aromatic heterocycles. The Labute approximate surface area is 199 Å². The van der Waals surface area contributed by atoms with Crippen LogP contribution in [0.4, 0.5) is 0 Å². The molecule has 0 aliphatic rings. The third-order valence-electron chi connectivity index (χ3n) is 5.02. The molecular weight excluding hydrogens is 488 g/mol. The van der Waals surface area contributed by atoms with Gasteiger partial charge in [-0.25, -0.2) is 3.97 Å². The first-order chi connectivity index (χ1) is 15.7. The van der Waals surface area contributed by atoms with Gasteiger partial charge < -0.3 is 14.6 Å². The third-order valence-corrected chi connectivity index (χ3v) is 8.52. The third kappa shape index (κ3) is 4.41. The van der Waals surface area contributed by atoms with Crippen molar-refractivity contribution in [2.24, 2.45) is 0 Å². The first-order valence-electron chi connectivity index (χ1n) is 9.70. The lowest BCUT2D eigenvalue weighted by Crippen LogP contribution is -2.10. The molecule has 0 aliphatic heterocycles. The van der Waals surface area contributed by atoms with Crippen LogP contribution in [0.25, 0.3) is 21.3 Å². The highest BCUT2D eigenvalue weighted by Crippen LogP contribution is 2.38. The standard InChI is InChI=1S/C22H19ClN2O6S2/c1-30-19-8-5-15(22(24-19)31-2)18-7-10-21(32-18)33(28,29)25-12-13(3-9-20(26)27)16-11-14(23)4-6-17(16)25/h4-8,10-12H,3,9H2,1-2H3,(H,26,27). The van der Waals surface area contributed by atoms with E-state index in [1.54, 1.807) is 36.4 Å². The largest absolute Gasteiger partial charge is 0.481 e. The summed E-state index contributed by atoms with van der Waals surface area (Å²) in [5.41, 5.74) is 1.66. The number of carbonyl (C=O) groups is 1. The van der Waals surface area contributed by atoms with Crippen molar-refractivity contribution in [1.82, 2.24) is 8.96 Å². The summed E-state index contributed by atoms with van der Waals surface area (Å²) in [7, 11) is -0.982. The van der Waals surface area contributed by atoms with Gasteiger partial charge in [0.2, 0.25) is 11.8 Å². The number of methoxy groups -OCH3 is 2. The number of carboxylic acid groups (broad SMARTS) is 1. The van der Waals surface area contributed by atoms with Gasteiger partial charge in [-0.2, -0.15) is 13.4 Å². The number of halogens is 1. The monoisotopic (exact) mass is 506 g/mol. The van der Waals surface area contributed by atoms with Crippen LogP contribution in [0.2, 0.25) is 5.02 Å². The zero-order chi connectivity index (χ0) is 23.8. The van der Waals surface area contributed by atoms with Crippen molar-refractivity contribution in [2.45, 2.75) is 17.1 Å². The van der Waals surface area contributed by atoms with E-state index >= 15 is 0 Å². The van der Waals surface area contributed by atoms with Crippen LogP contribution >= 0.6 is 22.9 Å². The van der Waals surface area contributed by atoms with Gasteiger partial charge in [-0.1, -0.05) is 11.6 Å². The van der Waals surface area contributed by atoms with Crippen LogP contribution in [0, 0.1) is 0 Å². The molecule has 1 N–H and O–H groups in total. The SMILES string of the molecule is COc1ccc(-c2ccc(S(=O)(=O)n3cc(CCC(=O)O)c4cc(Cl)ccc43)s2)c(OC)n1. The molecule has 4 aromatic rings. The highest BCUT2D eigenvalue weighted by atomic mass is 35.5. The van der Waals surface area contributed by atoms with Crippen molar-refractivity contribution in [3.05, 3.63) is 59.2 Å². The minimum Gasteiger partial charge on any atom is -0.481 e. The van der Waals surface area contributed by atoms with Gasteiger partial charge >= 0.3 is 5.97 Å². The molecule has 4 rings (SSSR count). The molecule has 0 saturated heterocycles. The van der Waals surface area contributed by atoms with Crippen LogP contribution in [-0.4, -0.2) is 42.7 Å². The quantitative estimate of drug-likeness (QED) is 0.369. The molecule has 0 fully saturated rings. The maximum absolute atomic E-state index is 13.5. The summed E-state index contributed by atoms with van der Waals surface area (Å²) in [5.74, 6) is -0.269. The fraction of sp³-hybridized carbons (Fsp3) is 0.182. The maximum Gasteiger partial charge on any atom is 0.303 e. The van der Waals surface area contributed by atoms with E-state index in [0.29, 0.717) is 43.7 Å². The molecule has 0 saturated carbocycles. The van der Waals surface area contributed by atoms with Gasteiger partial charge in [-0.05, 0) is 48.4 Å². The van der Waals surface area contributed by atoms with E-state index in [1.165, 1.54) is 30.5 Å². The van der Waals surface area contributed by atoms with Gasteiger partial charge in [0.15, 0.2) is 0 Å². The number of pyridine rings is 1. The minimum absolute atomic E-state index is 0.118. The Balaban J connectivity index is 1.79. The zero-order valence-corrected chi connectivity index (χ0v) is 20.0. The number of ether oxygens (including phenoxy) is 2. The first kappa shape index (κ1) is 23.1. The predicted molar refractivity (Wildman–Crippen MR) is 126 cm³/mol. The van der Waals surface area contributed by atoms with Gasteiger partial charge in [-0.3, -0.25) is 4.79 Å². The predicted octanol–water partition coefficient (Wildman–Crippen LogP) is 4.69. The summed E-state index contributed by atoms with van der Waals surface area (Å²) >= 11 is 7.20. The fourth-order valence-corrected chi connectivity index (χ4v) is 6.43. The number of aryl methyl sites for hydroxylation is 1. The van der Waals surface area contributed by atoms with Crippen LogP contribution < -0.4 is 9.47 Å². The van der Waals surface area contributed by atoms with Crippen molar-refractivity contribution in [3.63, 3.8) is 0 Å². The van der Waals surface area contributed by atoms with E-state index < -0.39 is 16.0 Å². The topological polar surface area (TPSA) is 108 Å². The minimum atomic E-state index is -3.96. The van der Waals surface area contributed by atoms with Crippen molar-refractivity contribution in [2.75, 3.05) is 14.2 Å². The average Bonchev–Trinajstić information content (AvgIpc) is 3.43. The molecule has 0 amide bonds. The second kappa shape index (κ2) is 9.05. The Bertz CT molecular complexity index is 1460. The summed E-state index contributed by atoms with van der Waals surface area (Å²) in [4.78, 5) is 16.0. The van der Waals surface area contributed by atoms with Gasteiger partial charge in [0.1, 0.15) is 4.21 Å². The number of aliphatic carboxylic acids is 1. The summed E-state index contributed by atoms with van der Waals surface area (Å²) in [6.45, 7) is 0. The summed E-state index contributed by atoms with van der Waals surface area (Å²) in [5, 5.41) is 10.1. The molecule has 0 aliphatic carbocycles. The number of carboxylic acids is 1. The first-order valence-corrected chi connectivity index (χ1v) is 12.3. The lowest BCUT2D eigenvalue weighted by Gasteiger charge is -2.08. The Hall–Kier alpha value is -3.08. The molecule has 172 valence electrons.